The highest BCUT2D eigenvalue weighted by Gasteiger charge is 2.37. The van der Waals surface area contributed by atoms with Gasteiger partial charge in [0.1, 0.15) is 6.17 Å². The number of benzene rings is 2. The van der Waals surface area contributed by atoms with Crippen LogP contribution in [0.5, 0.6) is 0 Å². The zero-order valence-corrected chi connectivity index (χ0v) is 16.2. The molecule has 1 saturated heterocycles. The van der Waals surface area contributed by atoms with E-state index in [4.69, 9.17) is 0 Å². The number of hydrogen-bond donors (Lipinski definition) is 2. The Bertz CT molecular complexity index is 861. The Labute approximate surface area is 168 Å². The predicted molar refractivity (Wildman–Crippen MR) is 107 cm³/mol. The van der Waals surface area contributed by atoms with E-state index in [0.29, 0.717) is 24.8 Å². The highest BCUT2D eigenvalue weighted by molar-refractivity contribution is 5.87. The third-order valence-corrected chi connectivity index (χ3v) is 5.29. The van der Waals surface area contributed by atoms with Gasteiger partial charge in [-0.1, -0.05) is 42.8 Å². The summed E-state index contributed by atoms with van der Waals surface area (Å²) in [6.45, 7) is -0.420. The summed E-state index contributed by atoms with van der Waals surface area (Å²) >= 11 is 0. The normalized spacial score (nSPS) is 20.0. The van der Waals surface area contributed by atoms with Crippen LogP contribution in [0, 0.1) is 0 Å². The first kappa shape index (κ1) is 21.2. The molecule has 0 spiro atoms. The summed E-state index contributed by atoms with van der Waals surface area (Å²) in [4.78, 5) is 26.0. The third-order valence-electron chi connectivity index (χ3n) is 5.29. The molecule has 1 aliphatic heterocycles. The monoisotopic (exact) mass is 404 g/mol. The number of nitrogens with zero attached hydrogens (tertiary/aromatic N) is 1. The molecule has 0 aromatic heterocycles. The van der Waals surface area contributed by atoms with Crippen LogP contribution in [0.1, 0.15) is 37.4 Å². The van der Waals surface area contributed by atoms with Gasteiger partial charge in [0.05, 0.1) is 19.3 Å². The fourth-order valence-corrected chi connectivity index (χ4v) is 3.60. The van der Waals surface area contributed by atoms with Crippen LogP contribution in [0.3, 0.4) is 0 Å². The molecule has 2 aromatic carbocycles. The van der Waals surface area contributed by atoms with Crippen LogP contribution in [0.4, 0.5) is 8.78 Å². The lowest BCUT2D eigenvalue weighted by Gasteiger charge is -2.19. The Morgan fingerprint density at radius 2 is 1.86 bits per heavy atom. The molecule has 3 rings (SSSR count). The number of hydrogen-bond acceptors (Lipinski definition) is 3. The van der Waals surface area contributed by atoms with Crippen LogP contribution in [0.15, 0.2) is 42.5 Å². The van der Waals surface area contributed by atoms with Gasteiger partial charge in [-0.05, 0) is 35.2 Å². The number of unbranched alkanes of at least 4 members (excludes halogenated alkanes) is 2. The summed E-state index contributed by atoms with van der Waals surface area (Å²) < 4.78 is 26.4. The first-order chi connectivity index (χ1) is 14.0. The molecule has 0 saturated carbocycles. The quantitative estimate of drug-likeness (QED) is 0.665. The molecule has 1 fully saturated rings. The number of nitrogens with one attached hydrogen (secondary N) is 1. The van der Waals surface area contributed by atoms with Gasteiger partial charge in [0, 0.05) is 13.0 Å². The van der Waals surface area contributed by atoms with Gasteiger partial charge in [0.25, 0.3) is 5.91 Å². The number of aliphatic hydroxyl groups is 1. The minimum atomic E-state index is -1.42. The zero-order chi connectivity index (χ0) is 20.8. The highest BCUT2D eigenvalue weighted by Crippen LogP contribution is 2.22. The van der Waals surface area contributed by atoms with Crippen molar-refractivity contribution < 1.29 is 23.5 Å². The van der Waals surface area contributed by atoms with E-state index in [0.717, 1.165) is 10.8 Å². The van der Waals surface area contributed by atoms with Gasteiger partial charge in [-0.15, -0.1) is 0 Å². The topological polar surface area (TPSA) is 69.6 Å². The molecular formula is C22H26F2N2O3. The molecule has 2 amide bonds. The summed E-state index contributed by atoms with van der Waals surface area (Å²) in [5, 5.41) is 14.8. The van der Waals surface area contributed by atoms with E-state index in [9.17, 15) is 23.5 Å². The molecule has 1 heterocycles. The van der Waals surface area contributed by atoms with Gasteiger partial charge in [-0.25, -0.2) is 4.39 Å². The second kappa shape index (κ2) is 9.78. The maximum atomic E-state index is 14.3. The molecule has 2 aromatic rings. The van der Waals surface area contributed by atoms with E-state index >= 15 is 0 Å². The van der Waals surface area contributed by atoms with Crippen molar-refractivity contribution in [3.63, 3.8) is 0 Å². The van der Waals surface area contributed by atoms with Gasteiger partial charge >= 0.3 is 0 Å². The van der Waals surface area contributed by atoms with E-state index in [1.165, 1.54) is 4.90 Å². The number of alkyl halides is 2. The molecule has 1 aliphatic rings. The smallest absolute Gasteiger partial charge is 0.253 e. The molecule has 0 bridgehead atoms. The molecular weight excluding hydrogens is 378 g/mol. The largest absolute Gasteiger partial charge is 0.378 e. The molecule has 29 heavy (non-hydrogen) atoms. The van der Waals surface area contributed by atoms with Crippen LogP contribution in [0.25, 0.3) is 10.8 Å². The van der Waals surface area contributed by atoms with Gasteiger partial charge in [0.2, 0.25) is 5.91 Å². The van der Waals surface area contributed by atoms with Gasteiger partial charge in [-0.2, -0.15) is 0 Å². The van der Waals surface area contributed by atoms with Gasteiger partial charge < -0.3 is 15.3 Å². The Hall–Kier alpha value is -2.54. The highest BCUT2D eigenvalue weighted by atomic mass is 19.1. The van der Waals surface area contributed by atoms with Crippen LogP contribution in [-0.2, 0) is 9.59 Å². The molecule has 156 valence electrons. The summed E-state index contributed by atoms with van der Waals surface area (Å²) in [5.41, 5.74) is 0.426. The molecule has 0 unspecified atom stereocenters. The van der Waals surface area contributed by atoms with Crippen molar-refractivity contribution in [2.24, 2.45) is 0 Å². The zero-order valence-electron chi connectivity index (χ0n) is 16.2. The fourth-order valence-electron chi connectivity index (χ4n) is 3.60. The van der Waals surface area contributed by atoms with Crippen molar-refractivity contribution in [2.45, 2.75) is 44.0 Å². The molecule has 5 nitrogen and oxygen atoms in total. The van der Waals surface area contributed by atoms with Crippen molar-refractivity contribution in [1.82, 2.24) is 10.2 Å². The number of carbonyl (C=O) groups is 2. The van der Waals surface area contributed by atoms with Crippen molar-refractivity contribution in [1.29, 1.82) is 0 Å². The maximum absolute atomic E-state index is 14.3. The minimum absolute atomic E-state index is 0.0687. The SMILES string of the molecule is O=C(N[C@@H]1CN(C(=O)CCCCCF)C[C@@H]1F)[C@@H](O)c1ccc2ccccc2c1. The standard InChI is InChI=1S/C22H26F2N2O3/c23-11-5-1-2-8-20(27)26-13-18(24)19(14-26)25-22(29)21(28)17-10-9-15-6-3-4-7-16(15)12-17/h3-4,6-7,9-10,12,18-19,21,28H,1-2,5,8,11,13-14H2,(H,25,29)/t18-,19+,21-/m0/s1. The van der Waals surface area contributed by atoms with E-state index in [2.05, 4.69) is 5.32 Å². The predicted octanol–water partition coefficient (Wildman–Crippen LogP) is 3.07. The molecule has 0 aliphatic carbocycles. The summed E-state index contributed by atoms with van der Waals surface area (Å²) in [6, 6.07) is 11.9. The second-order valence-corrected chi connectivity index (χ2v) is 7.44. The summed E-state index contributed by atoms with van der Waals surface area (Å²) in [7, 11) is 0. The number of fused-ring (bicyclic) bond motifs is 1. The molecule has 7 heteroatoms. The third kappa shape index (κ3) is 5.29. The average molecular weight is 404 g/mol. The van der Waals surface area contributed by atoms with Gasteiger partial charge in [0.15, 0.2) is 6.10 Å². The van der Waals surface area contributed by atoms with Crippen LogP contribution < -0.4 is 5.32 Å². The first-order valence-corrected chi connectivity index (χ1v) is 9.94. The summed E-state index contributed by atoms with van der Waals surface area (Å²) in [6.07, 6.45) is -0.965. The van der Waals surface area contributed by atoms with E-state index in [-0.39, 0.29) is 25.4 Å². The number of aliphatic hydroxyl groups excluding tert-OH is 1. The number of amides is 2. The molecule has 0 radical (unpaired) electrons. The van der Waals surface area contributed by atoms with Crippen LogP contribution >= 0.6 is 0 Å². The lowest BCUT2D eigenvalue weighted by atomic mass is 10.0. The Morgan fingerprint density at radius 1 is 1.10 bits per heavy atom. The lowest BCUT2D eigenvalue weighted by Crippen LogP contribution is -2.44. The minimum Gasteiger partial charge on any atom is -0.378 e. The van der Waals surface area contributed by atoms with Crippen molar-refractivity contribution in [2.75, 3.05) is 19.8 Å². The van der Waals surface area contributed by atoms with Crippen molar-refractivity contribution >= 4 is 22.6 Å². The fraction of sp³-hybridized carbons (Fsp3) is 0.455. The molecule has 2 N–H and O–H groups in total. The van der Waals surface area contributed by atoms with Gasteiger partial charge in [-0.3, -0.25) is 14.0 Å². The maximum Gasteiger partial charge on any atom is 0.253 e. The summed E-state index contributed by atoms with van der Waals surface area (Å²) in [5.74, 6) is -0.886. The van der Waals surface area contributed by atoms with E-state index < -0.39 is 30.9 Å². The average Bonchev–Trinajstić information content (AvgIpc) is 3.10. The second-order valence-electron chi connectivity index (χ2n) is 7.44. The number of likely N-dealkylation sites (tertiary alicyclic amines) is 1. The van der Waals surface area contributed by atoms with Crippen molar-refractivity contribution in [3.8, 4) is 0 Å². The lowest BCUT2D eigenvalue weighted by molar-refractivity contribution is -0.132. The number of halogens is 2. The van der Waals surface area contributed by atoms with Crippen LogP contribution in [-0.4, -0.2) is 53.8 Å². The first-order valence-electron chi connectivity index (χ1n) is 9.94. The Morgan fingerprint density at radius 3 is 2.62 bits per heavy atom. The van der Waals surface area contributed by atoms with E-state index in [1.807, 2.05) is 30.3 Å². The number of carbonyl (C=O) groups excluding carboxylic acids is 2. The van der Waals surface area contributed by atoms with E-state index in [1.54, 1.807) is 12.1 Å². The van der Waals surface area contributed by atoms with Crippen molar-refractivity contribution in [3.05, 3.63) is 48.0 Å². The Balaban J connectivity index is 1.55. The Kier molecular flexibility index (Phi) is 7.14. The van der Waals surface area contributed by atoms with Crippen LogP contribution in [0.2, 0.25) is 0 Å². The number of rotatable bonds is 8. The molecule has 3 atom stereocenters.